The van der Waals surface area contributed by atoms with Gasteiger partial charge in [-0.15, -0.1) is 0 Å². The largest absolute Gasteiger partial charge is 0.444 e. The van der Waals surface area contributed by atoms with Crippen molar-refractivity contribution in [1.29, 1.82) is 0 Å². The number of hydrogen-bond donors (Lipinski definition) is 4. The first-order valence-electron chi connectivity index (χ1n) is 17.8. The molecule has 0 bridgehead atoms. The van der Waals surface area contributed by atoms with Gasteiger partial charge >= 0.3 is 12.1 Å². The van der Waals surface area contributed by atoms with Crippen LogP contribution >= 0.6 is 0 Å². The van der Waals surface area contributed by atoms with Gasteiger partial charge in [-0.1, -0.05) is 70.0 Å². The maximum absolute atomic E-state index is 14.4. The Bertz CT molecular complexity index is 1590. The Morgan fingerprint density at radius 2 is 1.65 bits per heavy atom. The van der Waals surface area contributed by atoms with E-state index in [9.17, 15) is 33.6 Å². The van der Waals surface area contributed by atoms with E-state index in [4.69, 9.17) is 10.5 Å². The van der Waals surface area contributed by atoms with Gasteiger partial charge in [-0.05, 0) is 55.1 Å². The van der Waals surface area contributed by atoms with E-state index >= 15 is 0 Å². The predicted molar refractivity (Wildman–Crippen MR) is 186 cm³/mol. The normalized spacial score (nSPS) is 21.7. The van der Waals surface area contributed by atoms with Gasteiger partial charge < -0.3 is 36.2 Å². The highest BCUT2D eigenvalue weighted by atomic mass is 16.6. The van der Waals surface area contributed by atoms with Crippen molar-refractivity contribution in [3.05, 3.63) is 47.5 Å². The van der Waals surface area contributed by atoms with Crippen molar-refractivity contribution in [2.45, 2.75) is 109 Å². The Kier molecular flexibility index (Phi) is 11.2. The smallest absolute Gasteiger partial charge is 0.410 e. The van der Waals surface area contributed by atoms with Crippen LogP contribution in [0.1, 0.15) is 77.3 Å². The minimum atomic E-state index is -1.20. The summed E-state index contributed by atoms with van der Waals surface area (Å²) in [6.45, 7) is 11.4. The van der Waals surface area contributed by atoms with Crippen molar-refractivity contribution in [3.63, 3.8) is 0 Å². The maximum atomic E-state index is 14.4. The number of ether oxygens (including phenoxy) is 1. The van der Waals surface area contributed by atoms with Crippen LogP contribution in [0.25, 0.3) is 0 Å². The number of fused-ring (bicyclic) bond motifs is 1. The summed E-state index contributed by atoms with van der Waals surface area (Å²) in [6, 6.07) is 2.60. The van der Waals surface area contributed by atoms with E-state index in [0.29, 0.717) is 25.1 Å². The van der Waals surface area contributed by atoms with Crippen molar-refractivity contribution in [2.75, 3.05) is 13.1 Å². The fourth-order valence-electron chi connectivity index (χ4n) is 6.76. The van der Waals surface area contributed by atoms with Gasteiger partial charge in [0.15, 0.2) is 5.78 Å². The van der Waals surface area contributed by atoms with Crippen LogP contribution in [-0.2, 0) is 41.7 Å². The highest BCUT2D eigenvalue weighted by Gasteiger charge is 2.48. The third-order valence-corrected chi connectivity index (χ3v) is 10.1. The Morgan fingerprint density at radius 3 is 2.24 bits per heavy atom. The van der Waals surface area contributed by atoms with Crippen molar-refractivity contribution in [3.8, 4) is 0 Å². The summed E-state index contributed by atoms with van der Waals surface area (Å²) in [5.74, 6) is -3.55. The molecule has 0 radical (unpaired) electrons. The van der Waals surface area contributed by atoms with Crippen molar-refractivity contribution >= 4 is 41.4 Å². The molecular formula is C37H50N6O8. The number of amides is 6. The van der Waals surface area contributed by atoms with E-state index in [2.05, 4.69) is 22.5 Å². The van der Waals surface area contributed by atoms with Gasteiger partial charge in [0.25, 0.3) is 5.91 Å². The van der Waals surface area contributed by atoms with Gasteiger partial charge in [0, 0.05) is 25.4 Å². The molecule has 5 N–H and O–H groups in total. The Hall–Kier alpha value is -4.75. The lowest BCUT2D eigenvalue weighted by molar-refractivity contribution is -0.143. The number of Topliss-reactive ketones (excluding diaryl/α,β-unsaturated/α-hetero) is 2. The second kappa shape index (κ2) is 15.2. The second-order valence-corrected chi connectivity index (χ2v) is 15.5. The molecule has 51 heavy (non-hydrogen) atoms. The van der Waals surface area contributed by atoms with E-state index in [1.54, 1.807) is 32.6 Å². The molecule has 5 rings (SSSR count). The van der Waals surface area contributed by atoms with Crippen LogP contribution in [0.5, 0.6) is 0 Å². The number of carbonyl (C=O) groups excluding carboxylic acids is 7. The first-order chi connectivity index (χ1) is 24.0. The molecule has 1 saturated heterocycles. The summed E-state index contributed by atoms with van der Waals surface area (Å²) < 4.78 is 5.90. The van der Waals surface area contributed by atoms with Gasteiger partial charge in [0.2, 0.25) is 17.6 Å². The Balaban J connectivity index is 1.35. The predicted octanol–water partition coefficient (Wildman–Crippen LogP) is 2.13. The highest BCUT2D eigenvalue weighted by Crippen LogP contribution is 2.34. The Labute approximate surface area is 298 Å². The van der Waals surface area contributed by atoms with Crippen molar-refractivity contribution in [1.82, 2.24) is 25.8 Å². The van der Waals surface area contributed by atoms with Gasteiger partial charge in [-0.25, -0.2) is 9.59 Å². The van der Waals surface area contributed by atoms with E-state index < -0.39 is 71.3 Å². The summed E-state index contributed by atoms with van der Waals surface area (Å²) in [7, 11) is 0. The van der Waals surface area contributed by atoms with E-state index in [1.807, 2.05) is 24.3 Å². The molecule has 1 aromatic rings. The fourth-order valence-corrected chi connectivity index (χ4v) is 6.76. The molecule has 0 aromatic heterocycles. The van der Waals surface area contributed by atoms with Gasteiger partial charge in [0.05, 0.1) is 12.6 Å². The fraction of sp³-hybridized carbons (Fsp3) is 0.595. The van der Waals surface area contributed by atoms with Gasteiger partial charge in [-0.3, -0.25) is 24.0 Å². The molecule has 6 amide bonds. The average molecular weight is 707 g/mol. The number of primary amides is 1. The number of ketones is 2. The number of carbonyl (C=O) groups is 7. The van der Waals surface area contributed by atoms with Crippen LogP contribution in [0.2, 0.25) is 0 Å². The van der Waals surface area contributed by atoms with Gasteiger partial charge in [0.1, 0.15) is 24.2 Å². The first-order valence-corrected chi connectivity index (χ1v) is 17.8. The Morgan fingerprint density at radius 1 is 0.980 bits per heavy atom. The summed E-state index contributed by atoms with van der Waals surface area (Å²) in [5, 5.41) is 8.04. The standard InChI is InChI=1S/C37H50N6O8/c1-20(2)28(29(44)23-12-13-23)40-35(49)41-31(37(3,4)5)34(48)43-19-25(51-36(50)42-15-14-22-8-6-7-9-24(22)18-42)17-27(43)33(47)39-26(16-21-10-11-21)30(45)32(38)46/h6-9,21,23,25-28,31H,1,10-19H2,2-5H3,(H2,38,46)(H,39,47)(H2,40,41,49)/t25-,26?,27+,28+,31-/m1/s1. The van der Waals surface area contributed by atoms with Crippen LogP contribution in [0.4, 0.5) is 9.59 Å². The molecule has 2 heterocycles. The number of likely N-dealkylation sites (tertiary alicyclic amines) is 1. The quantitative estimate of drug-likeness (QED) is 0.177. The zero-order valence-corrected chi connectivity index (χ0v) is 29.9. The molecule has 14 heteroatoms. The van der Waals surface area contributed by atoms with Crippen LogP contribution in [0.3, 0.4) is 0 Å². The number of benzene rings is 1. The number of urea groups is 1. The number of nitrogens with one attached hydrogen (secondary N) is 3. The van der Waals surface area contributed by atoms with Crippen LogP contribution < -0.4 is 21.7 Å². The molecule has 0 spiro atoms. The number of nitrogens with two attached hydrogens (primary N) is 1. The molecule has 2 saturated carbocycles. The zero-order chi connectivity index (χ0) is 37.2. The van der Waals surface area contributed by atoms with Crippen LogP contribution in [0, 0.1) is 17.3 Å². The minimum Gasteiger partial charge on any atom is -0.444 e. The third-order valence-electron chi connectivity index (χ3n) is 10.1. The third kappa shape index (κ3) is 9.33. The van der Waals surface area contributed by atoms with Gasteiger partial charge in [-0.2, -0.15) is 0 Å². The molecule has 2 aliphatic carbocycles. The van der Waals surface area contributed by atoms with Crippen molar-refractivity contribution < 1.29 is 38.3 Å². The average Bonchev–Trinajstić information content (AvgIpc) is 4.02. The number of rotatable bonds is 13. The van der Waals surface area contributed by atoms with Crippen molar-refractivity contribution in [2.24, 2.45) is 23.0 Å². The lowest BCUT2D eigenvalue weighted by atomic mass is 9.85. The number of nitrogens with zero attached hydrogens (tertiary/aromatic N) is 2. The molecular weight excluding hydrogens is 656 g/mol. The molecule has 276 valence electrons. The highest BCUT2D eigenvalue weighted by molar-refractivity contribution is 6.37. The maximum Gasteiger partial charge on any atom is 0.410 e. The zero-order valence-electron chi connectivity index (χ0n) is 29.9. The van der Waals surface area contributed by atoms with Crippen LogP contribution in [-0.4, -0.2) is 94.6 Å². The summed E-state index contributed by atoms with van der Waals surface area (Å²) in [6.07, 6.45) is 2.53. The SMILES string of the molecule is C=C(C)[C@H](NC(=O)N[C@H](C(=O)N1C[C@H](OC(=O)N2CCc3ccccc3C2)C[C@H]1C(=O)NC(CC1CC1)C(=O)C(N)=O)C(C)(C)C)C(=O)C1CC1. The van der Waals surface area contributed by atoms with E-state index in [1.165, 1.54) is 4.90 Å². The lowest BCUT2D eigenvalue weighted by Gasteiger charge is -2.36. The summed E-state index contributed by atoms with van der Waals surface area (Å²) >= 11 is 0. The molecule has 1 unspecified atom stereocenters. The second-order valence-electron chi connectivity index (χ2n) is 15.5. The molecule has 3 fully saturated rings. The van der Waals surface area contributed by atoms with E-state index in [0.717, 1.165) is 36.8 Å². The first kappa shape index (κ1) is 37.5. The molecule has 4 aliphatic rings. The molecule has 1 aromatic carbocycles. The molecule has 2 aliphatic heterocycles. The summed E-state index contributed by atoms with van der Waals surface area (Å²) in [4.78, 5) is 95.3. The van der Waals surface area contributed by atoms with E-state index in [-0.39, 0.29) is 37.0 Å². The monoisotopic (exact) mass is 706 g/mol. The summed E-state index contributed by atoms with van der Waals surface area (Å²) in [5.41, 5.74) is 7.05. The van der Waals surface area contributed by atoms with Crippen LogP contribution in [0.15, 0.2) is 36.4 Å². The minimum absolute atomic E-state index is 0.0780. The lowest BCUT2D eigenvalue weighted by Crippen LogP contribution is -2.61. The topological polar surface area (TPSA) is 197 Å². The number of hydrogen-bond acceptors (Lipinski definition) is 8. The molecule has 14 nitrogen and oxygen atoms in total. The molecule has 5 atom stereocenters.